The van der Waals surface area contributed by atoms with Crippen LogP contribution in [0.5, 0.6) is 0 Å². The Bertz CT molecular complexity index is 847. The minimum atomic E-state index is -3.45. The molecule has 1 aliphatic heterocycles. The van der Waals surface area contributed by atoms with Gasteiger partial charge >= 0.3 is 0 Å². The van der Waals surface area contributed by atoms with Gasteiger partial charge in [0.05, 0.1) is 6.04 Å². The number of sulfonamides is 1. The maximum absolute atomic E-state index is 13.7. The molecule has 0 saturated carbocycles. The van der Waals surface area contributed by atoms with Crippen LogP contribution in [0, 0.1) is 12.7 Å². The van der Waals surface area contributed by atoms with E-state index in [0.29, 0.717) is 24.5 Å². The molecule has 1 aromatic carbocycles. The number of aryl methyl sites for hydroxylation is 1. The Balaban J connectivity index is 1.73. The van der Waals surface area contributed by atoms with Gasteiger partial charge in [0.25, 0.3) is 0 Å². The van der Waals surface area contributed by atoms with Crippen molar-refractivity contribution in [3.63, 3.8) is 0 Å². The van der Waals surface area contributed by atoms with Crippen molar-refractivity contribution < 1.29 is 12.8 Å². The number of hydrogen-bond donors (Lipinski definition) is 1. The van der Waals surface area contributed by atoms with Crippen molar-refractivity contribution >= 4 is 15.8 Å². The van der Waals surface area contributed by atoms with Crippen LogP contribution < -0.4 is 5.32 Å². The normalized spacial score (nSPS) is 16.8. The third-order valence-electron chi connectivity index (χ3n) is 4.50. The molecule has 0 bridgehead atoms. The van der Waals surface area contributed by atoms with E-state index in [4.69, 9.17) is 0 Å². The lowest BCUT2D eigenvalue weighted by Crippen LogP contribution is -2.27. The van der Waals surface area contributed by atoms with Gasteiger partial charge in [0.2, 0.25) is 10.0 Å². The predicted molar refractivity (Wildman–Crippen MR) is 95.4 cm³/mol. The van der Waals surface area contributed by atoms with Crippen LogP contribution in [-0.2, 0) is 10.0 Å². The summed E-state index contributed by atoms with van der Waals surface area (Å²) in [6.07, 6.45) is 3.17. The van der Waals surface area contributed by atoms with Crippen LogP contribution in [0.4, 0.5) is 10.2 Å². The number of hydrogen-bond acceptors (Lipinski definition) is 4. The molecule has 1 saturated heterocycles. The third kappa shape index (κ3) is 3.82. The standard InChI is InChI=1S/C18H22FN3O2S/c1-13-5-6-15(11-17(13)19)14(2)21-18-8-7-16(12-20-18)25(23,24)22-9-3-4-10-22/h5-8,11-12,14H,3-4,9-10H2,1-2H3,(H,20,21). The predicted octanol–water partition coefficient (Wildman–Crippen LogP) is 3.49. The van der Waals surface area contributed by atoms with E-state index >= 15 is 0 Å². The van der Waals surface area contributed by atoms with Crippen molar-refractivity contribution in [3.05, 3.63) is 53.5 Å². The van der Waals surface area contributed by atoms with Crippen LogP contribution in [0.15, 0.2) is 41.4 Å². The summed E-state index contributed by atoms with van der Waals surface area (Å²) in [5.41, 5.74) is 1.41. The molecule has 1 fully saturated rings. The van der Waals surface area contributed by atoms with Gasteiger partial charge in [0, 0.05) is 19.3 Å². The Morgan fingerprint density at radius 2 is 1.92 bits per heavy atom. The van der Waals surface area contributed by atoms with Crippen LogP contribution in [-0.4, -0.2) is 30.8 Å². The molecule has 1 aliphatic rings. The van der Waals surface area contributed by atoms with Gasteiger partial charge in [-0.05, 0) is 56.0 Å². The maximum Gasteiger partial charge on any atom is 0.244 e. The van der Waals surface area contributed by atoms with E-state index < -0.39 is 10.0 Å². The van der Waals surface area contributed by atoms with E-state index in [1.807, 2.05) is 13.0 Å². The molecule has 2 aromatic rings. The zero-order valence-electron chi connectivity index (χ0n) is 14.4. The third-order valence-corrected chi connectivity index (χ3v) is 6.38. The average molecular weight is 363 g/mol. The summed E-state index contributed by atoms with van der Waals surface area (Å²) in [6, 6.07) is 8.16. The highest BCUT2D eigenvalue weighted by Crippen LogP contribution is 2.23. The molecule has 25 heavy (non-hydrogen) atoms. The Hall–Kier alpha value is -1.99. The Labute approximate surface area is 147 Å². The second-order valence-corrected chi connectivity index (χ2v) is 8.30. The first-order valence-corrected chi connectivity index (χ1v) is 9.81. The summed E-state index contributed by atoms with van der Waals surface area (Å²) < 4.78 is 40.2. The van der Waals surface area contributed by atoms with Crippen LogP contribution in [0.2, 0.25) is 0 Å². The molecule has 134 valence electrons. The second kappa shape index (κ2) is 7.09. The molecular formula is C18H22FN3O2S. The van der Waals surface area contributed by atoms with Gasteiger partial charge in [0.15, 0.2) is 0 Å². The maximum atomic E-state index is 13.7. The monoisotopic (exact) mass is 363 g/mol. The zero-order valence-corrected chi connectivity index (χ0v) is 15.2. The van der Waals surface area contributed by atoms with Gasteiger partial charge in [-0.25, -0.2) is 17.8 Å². The molecule has 0 aliphatic carbocycles. The van der Waals surface area contributed by atoms with Gasteiger partial charge in [0.1, 0.15) is 16.5 Å². The van der Waals surface area contributed by atoms with Crippen LogP contribution in [0.25, 0.3) is 0 Å². The first-order chi connectivity index (χ1) is 11.9. The first kappa shape index (κ1) is 17.8. The number of rotatable bonds is 5. The van der Waals surface area contributed by atoms with Crippen LogP contribution in [0.3, 0.4) is 0 Å². The highest BCUT2D eigenvalue weighted by atomic mass is 32.2. The summed E-state index contributed by atoms with van der Waals surface area (Å²) >= 11 is 0. The van der Waals surface area contributed by atoms with Gasteiger partial charge in [-0.3, -0.25) is 0 Å². The molecule has 0 radical (unpaired) electrons. The fourth-order valence-electron chi connectivity index (χ4n) is 2.88. The van der Waals surface area contributed by atoms with Gasteiger partial charge in [-0.2, -0.15) is 4.31 Å². The highest BCUT2D eigenvalue weighted by molar-refractivity contribution is 7.89. The lowest BCUT2D eigenvalue weighted by Gasteiger charge is -2.17. The van der Waals surface area contributed by atoms with Gasteiger partial charge < -0.3 is 5.32 Å². The highest BCUT2D eigenvalue weighted by Gasteiger charge is 2.27. The summed E-state index contributed by atoms with van der Waals surface area (Å²) in [6.45, 7) is 4.76. The molecular weight excluding hydrogens is 341 g/mol. The van der Waals surface area contributed by atoms with Crippen LogP contribution >= 0.6 is 0 Å². The van der Waals surface area contributed by atoms with Crippen molar-refractivity contribution in [2.24, 2.45) is 0 Å². The Morgan fingerprint density at radius 1 is 1.20 bits per heavy atom. The molecule has 1 unspecified atom stereocenters. The average Bonchev–Trinajstić information content (AvgIpc) is 3.13. The fourth-order valence-corrected chi connectivity index (χ4v) is 4.34. The molecule has 5 nitrogen and oxygen atoms in total. The minimum absolute atomic E-state index is 0.149. The van der Waals surface area contributed by atoms with E-state index in [1.54, 1.807) is 25.1 Å². The number of nitrogens with zero attached hydrogens (tertiary/aromatic N) is 2. The van der Waals surface area contributed by atoms with E-state index in [1.165, 1.54) is 16.6 Å². The van der Waals surface area contributed by atoms with Gasteiger partial charge in [-0.15, -0.1) is 0 Å². The van der Waals surface area contributed by atoms with Crippen molar-refractivity contribution in [1.82, 2.24) is 9.29 Å². The largest absolute Gasteiger partial charge is 0.364 e. The molecule has 2 heterocycles. The second-order valence-electron chi connectivity index (χ2n) is 6.36. The number of pyridine rings is 1. The molecule has 3 rings (SSSR count). The van der Waals surface area contributed by atoms with Gasteiger partial charge in [-0.1, -0.05) is 12.1 Å². The summed E-state index contributed by atoms with van der Waals surface area (Å²) in [5, 5.41) is 3.17. The number of anilines is 1. The summed E-state index contributed by atoms with van der Waals surface area (Å²) in [4.78, 5) is 4.41. The molecule has 1 aromatic heterocycles. The SMILES string of the molecule is Cc1ccc(C(C)Nc2ccc(S(=O)(=O)N3CCCC3)cn2)cc1F. The number of halogens is 1. The summed E-state index contributed by atoms with van der Waals surface area (Å²) in [7, 11) is -3.45. The van der Waals surface area contributed by atoms with E-state index in [2.05, 4.69) is 10.3 Å². The first-order valence-electron chi connectivity index (χ1n) is 8.37. The quantitative estimate of drug-likeness (QED) is 0.883. The number of benzene rings is 1. The Morgan fingerprint density at radius 3 is 2.52 bits per heavy atom. The van der Waals surface area contributed by atoms with Crippen molar-refractivity contribution in [3.8, 4) is 0 Å². The topological polar surface area (TPSA) is 62.3 Å². The smallest absolute Gasteiger partial charge is 0.244 e. The van der Waals surface area contributed by atoms with E-state index in [-0.39, 0.29) is 16.8 Å². The number of aromatic nitrogens is 1. The fraction of sp³-hybridized carbons (Fsp3) is 0.389. The molecule has 0 spiro atoms. The molecule has 0 amide bonds. The number of nitrogens with one attached hydrogen (secondary N) is 1. The van der Waals surface area contributed by atoms with Crippen LogP contribution in [0.1, 0.15) is 36.9 Å². The lowest BCUT2D eigenvalue weighted by molar-refractivity contribution is 0.477. The zero-order chi connectivity index (χ0) is 18.0. The molecule has 1 atom stereocenters. The van der Waals surface area contributed by atoms with E-state index in [0.717, 1.165) is 18.4 Å². The molecule has 7 heteroatoms. The molecule has 1 N–H and O–H groups in total. The van der Waals surface area contributed by atoms with Crippen molar-refractivity contribution in [2.45, 2.75) is 37.6 Å². The van der Waals surface area contributed by atoms with Crippen molar-refractivity contribution in [1.29, 1.82) is 0 Å². The van der Waals surface area contributed by atoms with Crippen molar-refractivity contribution in [2.75, 3.05) is 18.4 Å². The lowest BCUT2D eigenvalue weighted by atomic mass is 10.1. The van der Waals surface area contributed by atoms with E-state index in [9.17, 15) is 12.8 Å². The minimum Gasteiger partial charge on any atom is -0.364 e. The summed E-state index contributed by atoms with van der Waals surface area (Å²) in [5.74, 6) is 0.306. The Kier molecular flexibility index (Phi) is 5.06.